The third-order valence-corrected chi connectivity index (χ3v) is 7.43. The van der Waals surface area contributed by atoms with Gasteiger partial charge >= 0.3 is 36.3 Å². The van der Waals surface area contributed by atoms with Gasteiger partial charge in [-0.2, -0.15) is 26.3 Å². The van der Waals surface area contributed by atoms with E-state index in [4.69, 9.17) is 24.2 Å². The Morgan fingerprint density at radius 2 is 1.40 bits per heavy atom. The molecule has 1 aromatic carbocycles. The molecule has 0 spiro atoms. The molecule has 1 aliphatic heterocycles. The molecule has 0 radical (unpaired) electrons. The maximum absolute atomic E-state index is 12.4. The number of halogens is 9. The fraction of sp³-hybridized carbons (Fsp3) is 0.483. The number of piperidine rings is 1. The molecule has 2 aliphatic rings. The summed E-state index contributed by atoms with van der Waals surface area (Å²) in [6, 6.07) is 6.24. The van der Waals surface area contributed by atoms with Crippen LogP contribution in [-0.4, -0.2) is 92.0 Å². The van der Waals surface area contributed by atoms with Gasteiger partial charge in [0.05, 0.1) is 11.1 Å². The third kappa shape index (κ3) is 13.9. The number of oxazole rings is 1. The molecule has 3 atom stereocenters. The molecule has 0 unspecified atom stereocenters. The number of carboxylic acid groups (broad SMARTS) is 2. The molecule has 1 saturated carbocycles. The summed E-state index contributed by atoms with van der Waals surface area (Å²) in [6.07, 6.45) is -4.90. The summed E-state index contributed by atoms with van der Waals surface area (Å²) in [5.74, 6) is -4.90. The van der Waals surface area contributed by atoms with E-state index in [0.717, 1.165) is 45.1 Å². The van der Waals surface area contributed by atoms with Gasteiger partial charge in [0.1, 0.15) is 18.1 Å². The quantitative estimate of drug-likeness (QED) is 0.115. The minimum Gasteiger partial charge on any atom is -0.475 e. The first-order chi connectivity index (χ1) is 24.6. The molecule has 53 heavy (non-hydrogen) atoms. The Labute approximate surface area is 292 Å². The van der Waals surface area contributed by atoms with E-state index < -0.39 is 35.6 Å². The molecule has 4 N–H and O–H groups in total. The molecule has 0 amide bonds. The largest absolute Gasteiger partial charge is 0.573 e. The lowest BCUT2D eigenvalue weighted by molar-refractivity contribution is -0.385. The summed E-state index contributed by atoms with van der Waals surface area (Å²) in [6.45, 7) is 1.48. The van der Waals surface area contributed by atoms with E-state index in [1.807, 2.05) is 4.90 Å². The second-order valence-corrected chi connectivity index (χ2v) is 11.3. The van der Waals surface area contributed by atoms with Gasteiger partial charge in [-0.25, -0.2) is 24.5 Å². The number of nitrogens with one attached hydrogen (secondary N) is 2. The van der Waals surface area contributed by atoms with E-state index in [-0.39, 0.29) is 29.6 Å². The lowest BCUT2D eigenvalue weighted by atomic mass is 9.89. The molecule has 15 nitrogen and oxygen atoms in total. The Bertz CT molecular complexity index is 1630. The van der Waals surface area contributed by atoms with Gasteiger partial charge in [0.2, 0.25) is 5.95 Å². The normalized spacial score (nSPS) is 19.1. The smallest absolute Gasteiger partial charge is 0.475 e. The molecule has 3 heterocycles. The average Bonchev–Trinajstić information content (AvgIpc) is 3.54. The van der Waals surface area contributed by atoms with Gasteiger partial charge in [-0.3, -0.25) is 10.1 Å². The Balaban J connectivity index is 0.000000458. The lowest BCUT2D eigenvalue weighted by Crippen LogP contribution is -2.55. The third-order valence-electron chi connectivity index (χ3n) is 7.43. The molecule has 1 aliphatic carbocycles. The number of hydrogen-bond acceptors (Lipinski definition) is 12. The van der Waals surface area contributed by atoms with Crippen LogP contribution in [0.2, 0.25) is 0 Å². The number of carboxylic acids is 2. The van der Waals surface area contributed by atoms with Crippen LogP contribution in [0.1, 0.15) is 38.5 Å². The molecular weight excluding hydrogens is 745 g/mol. The SMILES string of the molecule is O=C(O)C(F)(F)F.O=C(O)C(F)(F)F.O=[N+]([O-])c1cnc(N2CCC[C@H](N[C@@H]3CCCC[C@H]3Nc3ncc(-c4ccc(OC(F)(F)F)cc4)o3)C2)nc1. The van der Waals surface area contributed by atoms with Crippen LogP contribution in [0.3, 0.4) is 0 Å². The molecule has 24 heteroatoms. The Morgan fingerprint density at radius 1 is 0.849 bits per heavy atom. The second kappa shape index (κ2) is 17.9. The predicted molar refractivity (Wildman–Crippen MR) is 163 cm³/mol. The van der Waals surface area contributed by atoms with Crippen molar-refractivity contribution in [1.82, 2.24) is 20.3 Å². The van der Waals surface area contributed by atoms with Crippen LogP contribution < -0.4 is 20.3 Å². The number of anilines is 2. The van der Waals surface area contributed by atoms with Crippen LogP contribution in [0.15, 0.2) is 47.3 Å². The van der Waals surface area contributed by atoms with Crippen molar-refractivity contribution in [3.05, 3.63) is 53.0 Å². The summed E-state index contributed by atoms with van der Waals surface area (Å²) in [5.41, 5.74) is 0.447. The maximum Gasteiger partial charge on any atom is 0.573 e. The van der Waals surface area contributed by atoms with Crippen molar-refractivity contribution in [3.63, 3.8) is 0 Å². The Morgan fingerprint density at radius 3 is 1.91 bits per heavy atom. The minimum atomic E-state index is -5.08. The molecule has 5 rings (SSSR count). The number of nitrogens with zero attached hydrogens (tertiary/aromatic N) is 5. The van der Waals surface area contributed by atoms with Gasteiger partial charge in [-0.15, -0.1) is 13.2 Å². The van der Waals surface area contributed by atoms with E-state index in [2.05, 4.69) is 30.3 Å². The van der Waals surface area contributed by atoms with E-state index in [1.54, 1.807) is 0 Å². The van der Waals surface area contributed by atoms with E-state index >= 15 is 0 Å². The number of aliphatic carboxylic acids is 2. The fourth-order valence-electron chi connectivity index (χ4n) is 5.13. The first kappa shape index (κ1) is 42.0. The zero-order valence-electron chi connectivity index (χ0n) is 26.9. The second-order valence-electron chi connectivity index (χ2n) is 11.3. The summed E-state index contributed by atoms with van der Waals surface area (Å²) in [5, 5.41) is 32.3. The number of carbonyl (C=O) groups is 2. The molecular formula is C29H30F9N7O8. The average molecular weight is 776 g/mol. The predicted octanol–water partition coefficient (Wildman–Crippen LogP) is 6.19. The van der Waals surface area contributed by atoms with Gasteiger partial charge in [0, 0.05) is 36.8 Å². The standard InChI is InChI=1S/C25H28F3N7O4.2C2HF3O2/c26-25(27,28)39-19-9-7-16(8-10-19)22-14-31-24(38-22)33-21-6-2-1-5-20(21)32-17-4-3-11-34(15-17)23-29-12-18(13-30-23)35(36)37;2*3-2(4,5)1(6)7/h7-10,12-14,17,20-21,32H,1-6,11,15H2,(H,31,33);2*(H,6,7)/t17-,20+,21+;;/m0../s1. The van der Waals surface area contributed by atoms with Crippen molar-refractivity contribution in [2.75, 3.05) is 23.3 Å². The zero-order chi connectivity index (χ0) is 39.6. The van der Waals surface area contributed by atoms with Crippen LogP contribution in [-0.2, 0) is 9.59 Å². The van der Waals surface area contributed by atoms with Gasteiger partial charge in [-0.05, 0) is 49.9 Å². The van der Waals surface area contributed by atoms with Gasteiger partial charge in [0.15, 0.2) is 5.76 Å². The fourth-order valence-corrected chi connectivity index (χ4v) is 5.13. The van der Waals surface area contributed by atoms with Crippen molar-refractivity contribution in [1.29, 1.82) is 0 Å². The van der Waals surface area contributed by atoms with Crippen LogP contribution in [0.5, 0.6) is 5.75 Å². The van der Waals surface area contributed by atoms with Crippen molar-refractivity contribution >= 4 is 29.6 Å². The Kier molecular flexibility index (Phi) is 14.2. The van der Waals surface area contributed by atoms with E-state index in [9.17, 15) is 49.6 Å². The highest BCUT2D eigenvalue weighted by molar-refractivity contribution is 5.73. The number of benzene rings is 1. The summed E-state index contributed by atoms with van der Waals surface area (Å²) in [7, 11) is 0. The zero-order valence-corrected chi connectivity index (χ0v) is 26.9. The Hall–Kier alpha value is -5.42. The van der Waals surface area contributed by atoms with Gasteiger partial charge in [0.25, 0.3) is 6.01 Å². The number of nitro groups is 1. The van der Waals surface area contributed by atoms with Crippen LogP contribution in [0, 0.1) is 10.1 Å². The highest BCUT2D eigenvalue weighted by Gasteiger charge is 2.39. The maximum atomic E-state index is 12.4. The van der Waals surface area contributed by atoms with Crippen molar-refractivity contribution in [3.8, 4) is 17.1 Å². The van der Waals surface area contributed by atoms with Gasteiger partial charge < -0.3 is 34.9 Å². The van der Waals surface area contributed by atoms with Gasteiger partial charge in [-0.1, -0.05) is 12.8 Å². The van der Waals surface area contributed by atoms with E-state index in [0.29, 0.717) is 29.8 Å². The van der Waals surface area contributed by atoms with E-state index in [1.165, 1.54) is 42.9 Å². The monoisotopic (exact) mass is 775 g/mol. The lowest BCUT2D eigenvalue weighted by Gasteiger charge is -2.39. The highest BCUT2D eigenvalue weighted by atomic mass is 19.4. The summed E-state index contributed by atoms with van der Waals surface area (Å²) in [4.78, 5) is 42.9. The number of alkyl halides is 9. The van der Waals surface area contributed by atoms with Crippen molar-refractivity contribution < 1.29 is 73.4 Å². The van der Waals surface area contributed by atoms with Crippen LogP contribution in [0.4, 0.5) is 57.2 Å². The van der Waals surface area contributed by atoms with Crippen LogP contribution in [0.25, 0.3) is 11.3 Å². The molecule has 292 valence electrons. The molecule has 1 saturated heterocycles. The molecule has 2 aromatic heterocycles. The van der Waals surface area contributed by atoms with Crippen molar-refractivity contribution in [2.24, 2.45) is 0 Å². The highest BCUT2D eigenvalue weighted by Crippen LogP contribution is 2.30. The van der Waals surface area contributed by atoms with Crippen LogP contribution >= 0.6 is 0 Å². The molecule has 2 fully saturated rings. The number of hydrogen-bond donors (Lipinski definition) is 4. The molecule has 3 aromatic rings. The summed E-state index contributed by atoms with van der Waals surface area (Å²) < 4.78 is 110. The number of rotatable bonds is 8. The number of aromatic nitrogens is 3. The number of ether oxygens (including phenoxy) is 1. The summed E-state index contributed by atoms with van der Waals surface area (Å²) >= 11 is 0. The minimum absolute atomic E-state index is 0.0822. The van der Waals surface area contributed by atoms with Crippen molar-refractivity contribution in [2.45, 2.75) is 75.4 Å². The first-order valence-corrected chi connectivity index (χ1v) is 15.3. The molecule has 0 bridgehead atoms. The first-order valence-electron chi connectivity index (χ1n) is 15.3. The topological polar surface area (TPSA) is 206 Å².